The van der Waals surface area contributed by atoms with Crippen molar-refractivity contribution in [3.05, 3.63) is 16.9 Å². The average molecular weight is 454 g/mol. The van der Waals surface area contributed by atoms with E-state index in [-0.39, 0.29) is 18.9 Å². The van der Waals surface area contributed by atoms with E-state index < -0.39 is 26.3 Å². The maximum absolute atomic E-state index is 13.6. The summed E-state index contributed by atoms with van der Waals surface area (Å²) in [6.07, 6.45) is 0. The van der Waals surface area contributed by atoms with E-state index in [9.17, 15) is 9.18 Å². The maximum atomic E-state index is 13.6. The first-order valence-electron chi connectivity index (χ1n) is 3.31. The van der Waals surface area contributed by atoms with Gasteiger partial charge in [0.25, 0.3) is 0 Å². The molecule has 1 N–H and O–H groups in total. The van der Waals surface area contributed by atoms with Gasteiger partial charge >= 0.3 is 108 Å². The summed E-state index contributed by atoms with van der Waals surface area (Å²) < 4.78 is 16.1. The molecule has 2 aromatic rings. The number of carboxylic acids is 1. The standard InChI is InChI=1S/C7HBr2FO2Se2/c8-5-1-2(10)4(7(11)12)13-3(1)6(9)14-5/h(H,11,12). The normalized spacial score (nSPS) is 11.1. The van der Waals surface area contributed by atoms with Crippen LogP contribution < -0.4 is 0 Å². The molecule has 2 nitrogen and oxygen atoms in total. The van der Waals surface area contributed by atoms with Crippen molar-refractivity contribution in [2.45, 2.75) is 0 Å². The average Bonchev–Trinajstić information content (AvgIpc) is 2.54. The molecule has 0 radical (unpaired) electrons. The van der Waals surface area contributed by atoms with E-state index in [1.807, 2.05) is 0 Å². The van der Waals surface area contributed by atoms with Crippen molar-refractivity contribution in [2.75, 3.05) is 0 Å². The molecule has 0 spiro atoms. The third-order valence-electron chi connectivity index (χ3n) is 1.60. The van der Waals surface area contributed by atoms with Crippen molar-refractivity contribution in [3.63, 3.8) is 0 Å². The summed E-state index contributed by atoms with van der Waals surface area (Å²) >= 11 is 6.31. The minimum atomic E-state index is -1.15. The van der Waals surface area contributed by atoms with Gasteiger partial charge in [0.05, 0.1) is 0 Å². The molecule has 74 valence electrons. The third-order valence-corrected chi connectivity index (χ3v) is 9.38. The molecule has 0 aliphatic heterocycles. The molecular weight excluding hydrogens is 453 g/mol. The van der Waals surface area contributed by atoms with Crippen molar-refractivity contribution >= 4 is 76.5 Å². The van der Waals surface area contributed by atoms with Crippen LogP contribution in [0.15, 0.2) is 6.69 Å². The van der Waals surface area contributed by atoms with Gasteiger partial charge in [-0.3, -0.25) is 0 Å². The number of carboxylic acid groups (broad SMARTS) is 1. The molecule has 0 saturated heterocycles. The first-order valence-corrected chi connectivity index (χ1v) is 8.32. The molecule has 0 bridgehead atoms. The third kappa shape index (κ3) is 1.60. The van der Waals surface area contributed by atoms with Gasteiger partial charge in [0, 0.05) is 0 Å². The zero-order valence-electron chi connectivity index (χ0n) is 6.31. The van der Waals surface area contributed by atoms with Crippen molar-refractivity contribution in [2.24, 2.45) is 0 Å². The Morgan fingerprint density at radius 2 is 1.93 bits per heavy atom. The van der Waals surface area contributed by atoms with Gasteiger partial charge < -0.3 is 0 Å². The fourth-order valence-corrected chi connectivity index (χ4v) is 9.53. The molecular formula is C7HBr2FO2Se2. The van der Waals surface area contributed by atoms with Gasteiger partial charge in [0.1, 0.15) is 0 Å². The van der Waals surface area contributed by atoms with Gasteiger partial charge in [-0.1, -0.05) is 0 Å². The Labute approximate surface area is 107 Å². The van der Waals surface area contributed by atoms with Crippen LogP contribution in [0.3, 0.4) is 0 Å². The van der Waals surface area contributed by atoms with Crippen LogP contribution in [0.1, 0.15) is 9.23 Å². The number of aromatic carboxylic acids is 1. The Bertz CT molecular complexity index is 531. The number of halogens is 3. The molecule has 2 heterocycles. The molecule has 0 aliphatic rings. The minimum absolute atomic E-state index is 0.0769. The molecule has 0 aliphatic carbocycles. The van der Waals surface area contributed by atoms with Crippen LogP contribution in [0.2, 0.25) is 0 Å². The zero-order valence-corrected chi connectivity index (χ0v) is 12.9. The number of hydrogen-bond acceptors (Lipinski definition) is 1. The SMILES string of the molecule is O=C(O)c1[se]c2c(Br)[se]c(Br)c2c1F. The predicted octanol–water partition coefficient (Wildman–Crippen LogP) is 2.32. The van der Waals surface area contributed by atoms with Crippen LogP contribution in [0.5, 0.6) is 0 Å². The van der Waals surface area contributed by atoms with Crippen LogP contribution in [-0.4, -0.2) is 40.1 Å². The number of carbonyl (C=O) groups is 1. The summed E-state index contributed by atoms with van der Waals surface area (Å²) in [5.74, 6) is -1.71. The topological polar surface area (TPSA) is 37.3 Å². The molecule has 7 heteroatoms. The van der Waals surface area contributed by atoms with Gasteiger partial charge in [-0.15, -0.1) is 0 Å². The van der Waals surface area contributed by atoms with Crippen molar-refractivity contribution in [1.29, 1.82) is 0 Å². The van der Waals surface area contributed by atoms with E-state index in [0.29, 0.717) is 5.39 Å². The first kappa shape index (κ1) is 11.1. The summed E-state index contributed by atoms with van der Waals surface area (Å²) in [6.45, 7) is 0. The molecule has 0 amide bonds. The molecule has 0 fully saturated rings. The first-order chi connectivity index (χ1) is 6.52. The van der Waals surface area contributed by atoms with E-state index in [0.717, 1.165) is 11.0 Å². The summed E-state index contributed by atoms with van der Waals surface area (Å²) in [6, 6.07) is 0. The molecule has 14 heavy (non-hydrogen) atoms. The zero-order chi connectivity index (χ0) is 10.5. The second-order valence-electron chi connectivity index (χ2n) is 2.40. The molecule has 2 rings (SSSR count). The quantitative estimate of drug-likeness (QED) is 0.673. The van der Waals surface area contributed by atoms with Gasteiger partial charge in [0.2, 0.25) is 0 Å². The molecule has 2 aromatic heterocycles. The fraction of sp³-hybridized carbons (Fsp3) is 0. The van der Waals surface area contributed by atoms with E-state index in [1.54, 1.807) is 0 Å². The van der Waals surface area contributed by atoms with Crippen LogP contribution in [-0.2, 0) is 0 Å². The van der Waals surface area contributed by atoms with Gasteiger partial charge in [0.15, 0.2) is 0 Å². The Kier molecular flexibility index (Phi) is 3.09. The summed E-state index contributed by atoms with van der Waals surface area (Å²) in [4.78, 5) is 10.7. The fourth-order valence-electron chi connectivity index (χ4n) is 1.04. The number of hydrogen-bond donors (Lipinski definition) is 1. The summed E-state index contributed by atoms with van der Waals surface area (Å²) in [7, 11) is 0. The second kappa shape index (κ2) is 3.89. The second-order valence-corrected chi connectivity index (χ2v) is 10.6. The van der Waals surface area contributed by atoms with Crippen LogP contribution >= 0.6 is 31.9 Å². The van der Waals surface area contributed by atoms with E-state index in [2.05, 4.69) is 31.9 Å². The Morgan fingerprint density at radius 1 is 1.29 bits per heavy atom. The monoisotopic (exact) mass is 454 g/mol. The van der Waals surface area contributed by atoms with E-state index in [4.69, 9.17) is 5.11 Å². The number of rotatable bonds is 1. The molecule has 0 saturated carbocycles. The van der Waals surface area contributed by atoms with Crippen LogP contribution in [0.25, 0.3) is 9.65 Å². The Balaban J connectivity index is 2.87. The van der Waals surface area contributed by atoms with Crippen molar-refractivity contribution < 1.29 is 14.3 Å². The van der Waals surface area contributed by atoms with Crippen LogP contribution in [0, 0.1) is 5.82 Å². The summed E-state index contributed by atoms with van der Waals surface area (Å²) in [5.41, 5.74) is 0. The van der Waals surface area contributed by atoms with Crippen molar-refractivity contribution in [1.82, 2.24) is 0 Å². The Hall–Kier alpha value is 0.619. The van der Waals surface area contributed by atoms with Gasteiger partial charge in [-0.05, 0) is 0 Å². The Morgan fingerprint density at radius 3 is 2.43 bits per heavy atom. The molecule has 0 aromatic carbocycles. The van der Waals surface area contributed by atoms with Crippen LogP contribution in [0.4, 0.5) is 4.39 Å². The van der Waals surface area contributed by atoms with Gasteiger partial charge in [-0.25, -0.2) is 0 Å². The molecule has 0 unspecified atom stereocenters. The number of fused-ring (bicyclic) bond motifs is 1. The summed E-state index contributed by atoms with van der Waals surface area (Å²) in [5, 5.41) is 9.24. The van der Waals surface area contributed by atoms with Crippen molar-refractivity contribution in [3.8, 4) is 0 Å². The van der Waals surface area contributed by atoms with E-state index >= 15 is 0 Å². The van der Waals surface area contributed by atoms with Gasteiger partial charge in [-0.2, -0.15) is 0 Å². The van der Waals surface area contributed by atoms with E-state index in [1.165, 1.54) is 0 Å². The molecule has 0 atom stereocenters. The predicted molar refractivity (Wildman–Crippen MR) is 60.1 cm³/mol.